The zero-order valence-corrected chi connectivity index (χ0v) is 13.1. The summed E-state index contributed by atoms with van der Waals surface area (Å²) in [4.78, 5) is 11.9. The van der Waals surface area contributed by atoms with Gasteiger partial charge < -0.3 is 10.6 Å². The second-order valence-corrected chi connectivity index (χ2v) is 5.32. The highest BCUT2D eigenvalue weighted by molar-refractivity contribution is 5.85. The highest BCUT2D eigenvalue weighted by Crippen LogP contribution is 2.48. The Labute approximate surface area is 134 Å². The molecule has 22 heavy (non-hydrogen) atoms. The Bertz CT molecular complexity index is 508. The van der Waals surface area contributed by atoms with Crippen LogP contribution in [0.25, 0.3) is 0 Å². The van der Waals surface area contributed by atoms with Crippen molar-refractivity contribution in [3.8, 4) is 0 Å². The van der Waals surface area contributed by atoms with E-state index in [0.717, 1.165) is 25.1 Å². The minimum Gasteiger partial charge on any atom is -0.356 e. The van der Waals surface area contributed by atoms with Crippen LogP contribution < -0.4 is 10.6 Å². The standard InChI is InChI=1S/C15H19F3N2O.ClH/c1-19-6-3-7-20-14(21)13-9-12(13)10-4-2-5-11(8-10)15(16,17)18;/h2,4-5,8,12-13,19H,3,6-7,9H2,1H3,(H,20,21);1H. The van der Waals surface area contributed by atoms with Gasteiger partial charge in [-0.3, -0.25) is 4.79 Å². The number of carbonyl (C=O) groups is 1. The van der Waals surface area contributed by atoms with Crippen LogP contribution in [0.15, 0.2) is 24.3 Å². The SMILES string of the molecule is CNCCCNC(=O)C1CC1c1cccc(C(F)(F)F)c1.Cl. The third-order valence-electron chi connectivity index (χ3n) is 3.67. The van der Waals surface area contributed by atoms with E-state index in [1.54, 1.807) is 6.07 Å². The highest BCUT2D eigenvalue weighted by Gasteiger charge is 2.44. The molecule has 1 fully saturated rings. The number of halogens is 4. The van der Waals surface area contributed by atoms with Gasteiger partial charge >= 0.3 is 6.18 Å². The molecule has 3 nitrogen and oxygen atoms in total. The van der Waals surface area contributed by atoms with Crippen LogP contribution >= 0.6 is 12.4 Å². The van der Waals surface area contributed by atoms with Crippen molar-refractivity contribution in [1.29, 1.82) is 0 Å². The maximum absolute atomic E-state index is 12.7. The number of nitrogens with one attached hydrogen (secondary N) is 2. The lowest BCUT2D eigenvalue weighted by atomic mass is 10.1. The molecular formula is C15H20ClF3N2O. The second kappa shape index (κ2) is 7.83. The van der Waals surface area contributed by atoms with Crippen molar-refractivity contribution < 1.29 is 18.0 Å². The van der Waals surface area contributed by atoms with Gasteiger partial charge in [0.05, 0.1) is 5.56 Å². The first kappa shape index (κ1) is 18.8. The molecule has 7 heteroatoms. The van der Waals surface area contributed by atoms with Crippen molar-refractivity contribution in [2.75, 3.05) is 20.1 Å². The lowest BCUT2D eigenvalue weighted by Crippen LogP contribution is -2.28. The number of carbonyl (C=O) groups excluding carboxylic acids is 1. The first-order chi connectivity index (χ1) is 9.93. The summed E-state index contributed by atoms with van der Waals surface area (Å²) in [5.74, 6) is -0.340. The Balaban J connectivity index is 0.00000242. The summed E-state index contributed by atoms with van der Waals surface area (Å²) in [5, 5.41) is 5.81. The molecule has 0 heterocycles. The lowest BCUT2D eigenvalue weighted by Gasteiger charge is -2.09. The largest absolute Gasteiger partial charge is 0.416 e. The van der Waals surface area contributed by atoms with E-state index >= 15 is 0 Å². The molecule has 0 saturated heterocycles. The summed E-state index contributed by atoms with van der Waals surface area (Å²) >= 11 is 0. The smallest absolute Gasteiger partial charge is 0.356 e. The van der Waals surface area contributed by atoms with Gasteiger partial charge in [-0.2, -0.15) is 13.2 Å². The zero-order chi connectivity index (χ0) is 15.5. The molecule has 2 rings (SSSR count). The fourth-order valence-corrected chi connectivity index (χ4v) is 2.41. The average Bonchev–Trinajstić information content (AvgIpc) is 3.23. The van der Waals surface area contributed by atoms with E-state index < -0.39 is 11.7 Å². The van der Waals surface area contributed by atoms with E-state index in [9.17, 15) is 18.0 Å². The van der Waals surface area contributed by atoms with Crippen molar-refractivity contribution in [3.05, 3.63) is 35.4 Å². The Kier molecular flexibility index (Phi) is 6.68. The fourth-order valence-electron chi connectivity index (χ4n) is 2.41. The molecule has 1 aromatic carbocycles. The summed E-state index contributed by atoms with van der Waals surface area (Å²) in [6.07, 6.45) is -2.88. The Morgan fingerprint density at radius 2 is 2.05 bits per heavy atom. The third-order valence-corrected chi connectivity index (χ3v) is 3.67. The molecule has 0 aromatic heterocycles. The van der Waals surface area contributed by atoms with Crippen LogP contribution in [0.3, 0.4) is 0 Å². The average molecular weight is 337 g/mol. The molecule has 0 spiro atoms. The molecule has 1 saturated carbocycles. The molecule has 0 aliphatic heterocycles. The third kappa shape index (κ3) is 4.88. The number of alkyl halides is 3. The summed E-state index contributed by atoms with van der Waals surface area (Å²) in [5.41, 5.74) is -0.0553. The normalized spacial score (nSPS) is 20.2. The Morgan fingerprint density at radius 1 is 1.32 bits per heavy atom. The molecule has 1 aromatic rings. The van der Waals surface area contributed by atoms with Crippen LogP contribution in [0.5, 0.6) is 0 Å². The molecule has 1 aliphatic rings. The molecule has 2 atom stereocenters. The van der Waals surface area contributed by atoms with E-state index in [0.29, 0.717) is 18.5 Å². The minimum absolute atomic E-state index is 0. The van der Waals surface area contributed by atoms with Crippen molar-refractivity contribution in [2.24, 2.45) is 5.92 Å². The lowest BCUT2D eigenvalue weighted by molar-refractivity contribution is -0.137. The number of hydrogen-bond acceptors (Lipinski definition) is 2. The van der Waals surface area contributed by atoms with Gasteiger partial charge in [0, 0.05) is 12.5 Å². The van der Waals surface area contributed by atoms with Gasteiger partial charge in [0.1, 0.15) is 0 Å². The van der Waals surface area contributed by atoms with Crippen LogP contribution in [0, 0.1) is 5.92 Å². The van der Waals surface area contributed by atoms with Gasteiger partial charge in [-0.25, -0.2) is 0 Å². The predicted molar refractivity (Wildman–Crippen MR) is 81.1 cm³/mol. The van der Waals surface area contributed by atoms with Gasteiger partial charge in [0.25, 0.3) is 0 Å². The Morgan fingerprint density at radius 3 is 2.68 bits per heavy atom. The van der Waals surface area contributed by atoms with Crippen molar-refractivity contribution >= 4 is 18.3 Å². The van der Waals surface area contributed by atoms with Gasteiger partial charge in [-0.15, -0.1) is 12.4 Å². The predicted octanol–water partition coefficient (Wildman–Crippen LogP) is 2.96. The summed E-state index contributed by atoms with van der Waals surface area (Å²) in [6.45, 7) is 1.41. The number of rotatable bonds is 6. The number of hydrogen-bond donors (Lipinski definition) is 2. The monoisotopic (exact) mass is 336 g/mol. The van der Waals surface area contributed by atoms with E-state index in [-0.39, 0.29) is 30.2 Å². The summed E-state index contributed by atoms with van der Waals surface area (Å²) in [6, 6.07) is 5.27. The maximum atomic E-state index is 12.7. The first-order valence-electron chi connectivity index (χ1n) is 7.03. The highest BCUT2D eigenvalue weighted by atomic mass is 35.5. The van der Waals surface area contributed by atoms with Gasteiger partial charge in [-0.05, 0) is 44.0 Å². The van der Waals surface area contributed by atoms with Gasteiger partial charge in [-0.1, -0.05) is 18.2 Å². The van der Waals surface area contributed by atoms with Crippen LogP contribution in [0.4, 0.5) is 13.2 Å². The van der Waals surface area contributed by atoms with Gasteiger partial charge in [0.15, 0.2) is 0 Å². The molecule has 2 unspecified atom stereocenters. The Hall–Kier alpha value is -1.27. The van der Waals surface area contributed by atoms with E-state index in [2.05, 4.69) is 10.6 Å². The van der Waals surface area contributed by atoms with E-state index in [4.69, 9.17) is 0 Å². The molecule has 2 N–H and O–H groups in total. The maximum Gasteiger partial charge on any atom is 0.416 e. The first-order valence-corrected chi connectivity index (χ1v) is 7.03. The van der Waals surface area contributed by atoms with Crippen LogP contribution in [0.2, 0.25) is 0 Å². The topological polar surface area (TPSA) is 41.1 Å². The number of amides is 1. The zero-order valence-electron chi connectivity index (χ0n) is 12.2. The van der Waals surface area contributed by atoms with Crippen LogP contribution in [-0.4, -0.2) is 26.0 Å². The molecule has 0 radical (unpaired) electrons. The second-order valence-electron chi connectivity index (χ2n) is 5.32. The van der Waals surface area contributed by atoms with Crippen molar-refractivity contribution in [1.82, 2.24) is 10.6 Å². The van der Waals surface area contributed by atoms with Gasteiger partial charge in [0.2, 0.25) is 5.91 Å². The number of benzene rings is 1. The van der Waals surface area contributed by atoms with Crippen LogP contribution in [-0.2, 0) is 11.0 Å². The van der Waals surface area contributed by atoms with E-state index in [1.807, 2.05) is 7.05 Å². The molecule has 0 bridgehead atoms. The quantitative estimate of drug-likeness (QED) is 0.784. The molecular weight excluding hydrogens is 317 g/mol. The summed E-state index contributed by atoms with van der Waals surface area (Å²) < 4.78 is 38.0. The van der Waals surface area contributed by atoms with Crippen LogP contribution in [0.1, 0.15) is 29.9 Å². The molecule has 1 aliphatic carbocycles. The minimum atomic E-state index is -4.34. The van der Waals surface area contributed by atoms with E-state index in [1.165, 1.54) is 6.07 Å². The molecule has 124 valence electrons. The van der Waals surface area contributed by atoms with Crippen molar-refractivity contribution in [2.45, 2.75) is 24.9 Å². The van der Waals surface area contributed by atoms with Crippen molar-refractivity contribution in [3.63, 3.8) is 0 Å². The fraction of sp³-hybridized carbons (Fsp3) is 0.533. The summed E-state index contributed by atoms with van der Waals surface area (Å²) in [7, 11) is 1.84. The molecule has 1 amide bonds.